The minimum Gasteiger partial charge on any atom is -0.490 e. The zero-order chi connectivity index (χ0) is 43.8. The summed E-state index contributed by atoms with van der Waals surface area (Å²) in [6.45, 7) is 6.05. The number of rotatable bonds is 10. The molecule has 0 spiro atoms. The average molecular weight is 858 g/mol. The van der Waals surface area contributed by atoms with E-state index < -0.39 is 29.7 Å². The van der Waals surface area contributed by atoms with Crippen LogP contribution in [0.15, 0.2) is 72.9 Å². The maximum absolute atomic E-state index is 14.1. The fourth-order valence-electron chi connectivity index (χ4n) is 10.1. The Kier molecular flexibility index (Phi) is 11.9. The molecule has 0 bridgehead atoms. The number of piperazine rings is 1. The van der Waals surface area contributed by atoms with Crippen molar-refractivity contribution in [2.24, 2.45) is 11.8 Å². The molecule has 1 aromatic heterocycles. The Bertz CT molecular complexity index is 2460. The summed E-state index contributed by atoms with van der Waals surface area (Å²) in [7, 11) is 0. The van der Waals surface area contributed by atoms with E-state index in [1.54, 1.807) is 30.5 Å². The van der Waals surface area contributed by atoms with Crippen LogP contribution in [0.1, 0.15) is 90.5 Å². The van der Waals surface area contributed by atoms with E-state index in [0.717, 1.165) is 52.7 Å². The predicted molar refractivity (Wildman–Crippen MR) is 233 cm³/mol. The molecule has 15 heteroatoms. The monoisotopic (exact) mass is 857 g/mol. The van der Waals surface area contributed by atoms with Gasteiger partial charge in [0.15, 0.2) is 0 Å². The van der Waals surface area contributed by atoms with E-state index in [0.29, 0.717) is 76.0 Å². The van der Waals surface area contributed by atoms with Crippen molar-refractivity contribution < 1.29 is 37.9 Å². The number of hydrogen-bond donors (Lipinski definition) is 2. The van der Waals surface area contributed by atoms with Crippen LogP contribution in [0.2, 0.25) is 0 Å². The van der Waals surface area contributed by atoms with Gasteiger partial charge in [0.2, 0.25) is 23.6 Å². The van der Waals surface area contributed by atoms with Gasteiger partial charge in [-0.1, -0.05) is 13.0 Å². The number of imide groups is 2. The third kappa shape index (κ3) is 8.88. The Morgan fingerprint density at radius 3 is 2.37 bits per heavy atom. The van der Waals surface area contributed by atoms with Crippen LogP contribution in [0.25, 0.3) is 10.9 Å². The molecule has 4 aliphatic heterocycles. The van der Waals surface area contributed by atoms with Crippen molar-refractivity contribution in [1.82, 2.24) is 25.0 Å². The number of likely N-dealkylation sites (tertiary alicyclic amines) is 1. The summed E-state index contributed by atoms with van der Waals surface area (Å²) in [6, 6.07) is 18.4. The Morgan fingerprint density at radius 1 is 0.841 bits per heavy atom. The maximum atomic E-state index is 14.1. The van der Waals surface area contributed by atoms with Crippen molar-refractivity contribution in [2.75, 3.05) is 56.0 Å². The lowest BCUT2D eigenvalue weighted by atomic mass is 9.73. The van der Waals surface area contributed by atoms with Crippen LogP contribution in [-0.4, -0.2) is 113 Å². The largest absolute Gasteiger partial charge is 0.490 e. The summed E-state index contributed by atoms with van der Waals surface area (Å²) in [5.41, 5.74) is 3.91. The van der Waals surface area contributed by atoms with E-state index in [1.165, 1.54) is 6.07 Å². The van der Waals surface area contributed by atoms with Gasteiger partial charge in [0.1, 0.15) is 23.7 Å². The molecule has 4 aromatic rings. The summed E-state index contributed by atoms with van der Waals surface area (Å²) >= 11 is 0. The van der Waals surface area contributed by atoms with Crippen molar-refractivity contribution in [1.29, 1.82) is 0 Å². The van der Waals surface area contributed by atoms with E-state index in [4.69, 9.17) is 4.74 Å². The molecular formula is C48H52FN7O7. The van der Waals surface area contributed by atoms with Gasteiger partial charge in [0.05, 0.1) is 23.2 Å². The van der Waals surface area contributed by atoms with Crippen LogP contribution >= 0.6 is 0 Å². The fourth-order valence-corrected chi connectivity index (χ4v) is 10.1. The second-order valence-corrected chi connectivity index (χ2v) is 17.6. The van der Waals surface area contributed by atoms with Crippen molar-refractivity contribution >= 4 is 57.7 Å². The van der Waals surface area contributed by atoms with Gasteiger partial charge in [-0.15, -0.1) is 0 Å². The van der Waals surface area contributed by atoms with Crippen molar-refractivity contribution in [3.8, 4) is 5.75 Å². The Labute approximate surface area is 365 Å². The molecule has 3 aromatic carbocycles. The summed E-state index contributed by atoms with van der Waals surface area (Å²) in [5.74, 6) is -1.24. The third-order valence-electron chi connectivity index (χ3n) is 13.8. The number of carbonyl (C=O) groups excluding carboxylic acids is 6. The van der Waals surface area contributed by atoms with Gasteiger partial charge >= 0.3 is 0 Å². The molecule has 2 N–H and O–H groups in total. The van der Waals surface area contributed by atoms with Gasteiger partial charge in [-0.2, -0.15) is 0 Å². The number of piperidine rings is 2. The Morgan fingerprint density at radius 2 is 1.60 bits per heavy atom. The van der Waals surface area contributed by atoms with Gasteiger partial charge < -0.3 is 19.9 Å². The summed E-state index contributed by atoms with van der Waals surface area (Å²) in [4.78, 5) is 88.9. The Hall–Kier alpha value is -6.22. The minimum absolute atomic E-state index is 0.0160. The number of ether oxygens (including phenoxy) is 1. The molecule has 3 saturated heterocycles. The first-order chi connectivity index (χ1) is 30.5. The van der Waals surface area contributed by atoms with E-state index in [1.807, 2.05) is 48.2 Å². The lowest BCUT2D eigenvalue weighted by Gasteiger charge is -2.38. The second kappa shape index (κ2) is 17.9. The van der Waals surface area contributed by atoms with Crippen LogP contribution in [0.3, 0.4) is 0 Å². The molecule has 2 unspecified atom stereocenters. The summed E-state index contributed by atoms with van der Waals surface area (Å²) in [6.07, 6.45) is 7.01. The van der Waals surface area contributed by atoms with E-state index in [9.17, 15) is 33.2 Å². The zero-order valence-electron chi connectivity index (χ0n) is 35.4. The highest BCUT2D eigenvalue weighted by Gasteiger charge is 2.45. The molecule has 6 amide bonds. The fraction of sp³-hybridized carbons (Fsp3) is 0.438. The highest BCUT2D eigenvalue weighted by molar-refractivity contribution is 6.23. The van der Waals surface area contributed by atoms with E-state index in [2.05, 4.69) is 25.4 Å². The van der Waals surface area contributed by atoms with Crippen LogP contribution in [0, 0.1) is 17.7 Å². The minimum atomic E-state index is -1.01. The molecule has 4 fully saturated rings. The molecule has 1 saturated carbocycles. The third-order valence-corrected chi connectivity index (χ3v) is 13.8. The number of carbonyl (C=O) groups is 6. The first kappa shape index (κ1) is 42.1. The first-order valence-corrected chi connectivity index (χ1v) is 22.2. The molecular weight excluding hydrogens is 806 g/mol. The molecule has 63 heavy (non-hydrogen) atoms. The number of nitrogens with one attached hydrogen (secondary N) is 2. The lowest BCUT2D eigenvalue weighted by Crippen LogP contribution is -2.54. The second-order valence-electron chi connectivity index (χ2n) is 17.6. The summed E-state index contributed by atoms with van der Waals surface area (Å²) < 4.78 is 20.4. The lowest BCUT2D eigenvalue weighted by molar-refractivity contribution is -0.136. The van der Waals surface area contributed by atoms with Crippen LogP contribution < -0.4 is 20.3 Å². The standard InChI is InChI=1S/C48H52FN7O7/c1-29(30-5-7-31(8-6-30)37-15-18-50-41-12-9-32(49)25-39(37)41)45(59)51-33-3-2-4-36(26-33)63-35-16-19-55(20-17-35)44(58)28-53-21-23-54(24-22-53)34-10-11-38-40(27-34)48(62)56(47(38)61)42-13-14-43(57)52-46(42)60/h2-4,9-12,15,18,25-27,29-31,35,42H,5-8,13-14,16-17,19-24,28H2,1H3,(H,51,59)(H,52,57,60). The Balaban J connectivity index is 0.702. The number of anilines is 2. The average Bonchev–Trinajstić information content (AvgIpc) is 3.54. The summed E-state index contributed by atoms with van der Waals surface area (Å²) in [5, 5.41) is 6.21. The highest BCUT2D eigenvalue weighted by Crippen LogP contribution is 2.41. The van der Waals surface area contributed by atoms with Crippen LogP contribution in [0.5, 0.6) is 5.75 Å². The van der Waals surface area contributed by atoms with E-state index >= 15 is 0 Å². The van der Waals surface area contributed by atoms with Crippen LogP contribution in [-0.2, 0) is 19.2 Å². The van der Waals surface area contributed by atoms with Crippen molar-refractivity contribution in [2.45, 2.75) is 76.4 Å². The number of nitrogens with zero attached hydrogens (tertiary/aromatic N) is 5. The van der Waals surface area contributed by atoms with Crippen LogP contribution in [0.4, 0.5) is 15.8 Å². The molecule has 328 valence electrons. The van der Waals surface area contributed by atoms with Gasteiger partial charge in [-0.25, -0.2) is 4.39 Å². The predicted octanol–water partition coefficient (Wildman–Crippen LogP) is 5.52. The van der Waals surface area contributed by atoms with Crippen molar-refractivity contribution in [3.05, 3.63) is 95.4 Å². The van der Waals surface area contributed by atoms with Gasteiger partial charge in [-0.05, 0) is 104 Å². The first-order valence-electron chi connectivity index (χ1n) is 22.2. The number of hydrogen-bond acceptors (Lipinski definition) is 10. The number of halogens is 1. The molecule has 14 nitrogen and oxygen atoms in total. The normalized spacial score (nSPS) is 22.8. The zero-order valence-corrected chi connectivity index (χ0v) is 35.4. The SMILES string of the molecule is CC(C(=O)Nc1cccc(OC2CCN(C(=O)CN3CCN(c4ccc5c(c4)C(=O)N(C4CCC(=O)NC4=O)C5=O)CC3)CC2)c1)C1CCC(c2ccnc3ccc(F)cc23)CC1. The van der Waals surface area contributed by atoms with Gasteiger partial charge in [0, 0.05) is 93.5 Å². The highest BCUT2D eigenvalue weighted by atomic mass is 19.1. The number of pyridine rings is 1. The quantitative estimate of drug-likeness (QED) is 0.195. The molecule has 9 rings (SSSR count). The molecule has 2 atom stereocenters. The molecule has 0 radical (unpaired) electrons. The van der Waals surface area contributed by atoms with Crippen molar-refractivity contribution in [3.63, 3.8) is 0 Å². The molecule has 1 aliphatic carbocycles. The maximum Gasteiger partial charge on any atom is 0.262 e. The van der Waals surface area contributed by atoms with Gasteiger partial charge in [-0.3, -0.25) is 48.9 Å². The number of fused-ring (bicyclic) bond motifs is 2. The van der Waals surface area contributed by atoms with Gasteiger partial charge in [0.25, 0.3) is 11.8 Å². The number of aromatic nitrogens is 1. The topological polar surface area (TPSA) is 162 Å². The smallest absolute Gasteiger partial charge is 0.262 e. The number of amides is 6. The van der Waals surface area contributed by atoms with E-state index in [-0.39, 0.29) is 59.5 Å². The molecule has 5 aliphatic rings. The molecule has 5 heterocycles. The number of benzene rings is 3.